The number of nitriles is 1. The van der Waals surface area contributed by atoms with Crippen molar-refractivity contribution in [1.29, 1.82) is 5.26 Å². The third-order valence-electron chi connectivity index (χ3n) is 3.58. The highest BCUT2D eigenvalue weighted by Crippen LogP contribution is 2.48. The van der Waals surface area contributed by atoms with Gasteiger partial charge in [0.1, 0.15) is 6.07 Å². The van der Waals surface area contributed by atoms with E-state index < -0.39 is 5.60 Å². The van der Waals surface area contributed by atoms with Gasteiger partial charge >= 0.3 is 0 Å². The van der Waals surface area contributed by atoms with E-state index in [1.54, 1.807) is 0 Å². The minimum Gasteiger partial charge on any atom is -0.345 e. The fourth-order valence-electron chi connectivity index (χ4n) is 2.74. The molecule has 0 radical (unpaired) electrons. The quantitative estimate of drug-likeness (QED) is 0.828. The van der Waals surface area contributed by atoms with Crippen LogP contribution in [-0.4, -0.2) is 13.6 Å². The summed E-state index contributed by atoms with van der Waals surface area (Å²) in [5.74, 6) is 0. The number of benzene rings is 1. The van der Waals surface area contributed by atoms with Crippen molar-refractivity contribution in [3.05, 3.63) is 35.4 Å². The van der Waals surface area contributed by atoms with E-state index in [1.807, 2.05) is 39.1 Å². The molecule has 18 heavy (non-hydrogen) atoms. The molecule has 0 fully saturated rings. The third kappa shape index (κ3) is 2.03. The van der Waals surface area contributed by atoms with Crippen LogP contribution in [0.15, 0.2) is 24.3 Å². The first-order chi connectivity index (χ1) is 8.56. The van der Waals surface area contributed by atoms with E-state index in [2.05, 4.69) is 17.5 Å². The molecule has 0 aromatic heterocycles. The summed E-state index contributed by atoms with van der Waals surface area (Å²) >= 11 is 0. The van der Waals surface area contributed by atoms with E-state index in [0.29, 0.717) is 0 Å². The van der Waals surface area contributed by atoms with Crippen molar-refractivity contribution >= 4 is 0 Å². The largest absolute Gasteiger partial charge is 0.345 e. The SMILES string of the molecule is CNCCCC1(C#N)OC(C)(C)c2ccccc21. The minimum absolute atomic E-state index is 0.383. The van der Waals surface area contributed by atoms with Gasteiger partial charge in [-0.05, 0) is 45.8 Å². The Labute approximate surface area is 109 Å². The predicted octanol–water partition coefficient (Wildman–Crippen LogP) is 2.67. The van der Waals surface area contributed by atoms with Crippen molar-refractivity contribution in [3.8, 4) is 6.07 Å². The maximum Gasteiger partial charge on any atom is 0.181 e. The van der Waals surface area contributed by atoms with Crippen LogP contribution in [0.4, 0.5) is 0 Å². The average Bonchev–Trinajstić information content (AvgIpc) is 2.60. The second kappa shape index (κ2) is 4.72. The van der Waals surface area contributed by atoms with Gasteiger partial charge < -0.3 is 10.1 Å². The van der Waals surface area contributed by atoms with Gasteiger partial charge in [-0.15, -0.1) is 0 Å². The predicted molar refractivity (Wildman–Crippen MR) is 71.0 cm³/mol. The molecule has 0 aliphatic carbocycles. The minimum atomic E-state index is -0.781. The Balaban J connectivity index is 2.37. The highest BCUT2D eigenvalue weighted by atomic mass is 16.5. The molecule has 0 saturated heterocycles. The summed E-state index contributed by atoms with van der Waals surface area (Å²) in [5, 5.41) is 12.7. The van der Waals surface area contributed by atoms with Gasteiger partial charge in [-0.2, -0.15) is 5.26 Å². The van der Waals surface area contributed by atoms with Gasteiger partial charge in [0.2, 0.25) is 0 Å². The molecular formula is C15H20N2O. The van der Waals surface area contributed by atoms with Crippen LogP contribution < -0.4 is 5.32 Å². The monoisotopic (exact) mass is 244 g/mol. The average molecular weight is 244 g/mol. The molecule has 0 bridgehead atoms. The summed E-state index contributed by atoms with van der Waals surface area (Å²) in [7, 11) is 1.92. The zero-order valence-electron chi connectivity index (χ0n) is 11.3. The molecule has 96 valence electrons. The second-order valence-corrected chi connectivity index (χ2v) is 5.30. The molecule has 1 unspecified atom stereocenters. The summed E-state index contributed by atoms with van der Waals surface area (Å²) < 4.78 is 6.11. The number of fused-ring (bicyclic) bond motifs is 1. The molecule has 3 heteroatoms. The van der Waals surface area contributed by atoms with Crippen LogP contribution in [0.2, 0.25) is 0 Å². The number of nitrogens with zero attached hydrogens (tertiary/aromatic N) is 1. The molecule has 1 aliphatic rings. The summed E-state index contributed by atoms with van der Waals surface area (Å²) in [6, 6.07) is 10.5. The van der Waals surface area contributed by atoms with E-state index in [1.165, 1.54) is 0 Å². The molecule has 1 N–H and O–H groups in total. The maximum atomic E-state index is 9.60. The highest BCUT2D eigenvalue weighted by molar-refractivity contribution is 5.44. The molecule has 0 spiro atoms. The molecular weight excluding hydrogens is 224 g/mol. The van der Waals surface area contributed by atoms with Gasteiger partial charge in [-0.25, -0.2) is 0 Å². The fourth-order valence-corrected chi connectivity index (χ4v) is 2.74. The number of ether oxygens (including phenoxy) is 1. The van der Waals surface area contributed by atoms with Crippen molar-refractivity contribution < 1.29 is 4.74 Å². The Morgan fingerprint density at radius 1 is 1.28 bits per heavy atom. The summed E-state index contributed by atoms with van der Waals surface area (Å²) in [6.07, 6.45) is 1.65. The molecule has 3 nitrogen and oxygen atoms in total. The first kappa shape index (κ1) is 13.1. The Bertz CT molecular complexity index is 476. The molecule has 0 saturated carbocycles. The maximum absolute atomic E-state index is 9.60. The van der Waals surface area contributed by atoms with E-state index in [-0.39, 0.29) is 5.60 Å². The standard InChI is InChI=1S/C15H20N2O/c1-14(2)12-7-4-5-8-13(12)15(11-16,18-14)9-6-10-17-3/h4-5,7-8,17H,6,9-10H2,1-3H3. The number of hydrogen-bond donors (Lipinski definition) is 1. The smallest absolute Gasteiger partial charge is 0.181 e. The normalized spacial score (nSPS) is 24.6. The van der Waals surface area contributed by atoms with Crippen molar-refractivity contribution in [2.75, 3.05) is 13.6 Å². The van der Waals surface area contributed by atoms with Crippen molar-refractivity contribution in [2.24, 2.45) is 0 Å². The van der Waals surface area contributed by atoms with Gasteiger partial charge in [0.25, 0.3) is 0 Å². The number of hydrogen-bond acceptors (Lipinski definition) is 3. The van der Waals surface area contributed by atoms with Gasteiger partial charge in [-0.1, -0.05) is 24.3 Å². The van der Waals surface area contributed by atoms with Gasteiger partial charge in [-0.3, -0.25) is 0 Å². The molecule has 0 amide bonds. The zero-order valence-corrected chi connectivity index (χ0v) is 11.3. The third-order valence-corrected chi connectivity index (χ3v) is 3.58. The zero-order chi connectivity index (χ0) is 13.2. The van der Waals surface area contributed by atoms with Crippen LogP contribution in [0.3, 0.4) is 0 Å². The van der Waals surface area contributed by atoms with E-state index in [4.69, 9.17) is 4.74 Å². The van der Waals surface area contributed by atoms with Gasteiger partial charge in [0.05, 0.1) is 5.60 Å². The molecule has 1 aromatic rings. The number of rotatable bonds is 4. The Kier molecular flexibility index (Phi) is 3.43. The Morgan fingerprint density at radius 2 is 1.94 bits per heavy atom. The topological polar surface area (TPSA) is 45.0 Å². The molecule has 2 rings (SSSR count). The highest BCUT2D eigenvalue weighted by Gasteiger charge is 2.48. The molecule has 1 aromatic carbocycles. The van der Waals surface area contributed by atoms with Crippen molar-refractivity contribution in [2.45, 2.75) is 37.9 Å². The van der Waals surface area contributed by atoms with Crippen LogP contribution >= 0.6 is 0 Å². The van der Waals surface area contributed by atoms with Crippen LogP contribution in [0.1, 0.15) is 37.8 Å². The van der Waals surface area contributed by atoms with Crippen LogP contribution in [-0.2, 0) is 15.9 Å². The van der Waals surface area contributed by atoms with E-state index in [9.17, 15) is 5.26 Å². The lowest BCUT2D eigenvalue weighted by Crippen LogP contribution is -2.28. The lowest BCUT2D eigenvalue weighted by molar-refractivity contribution is -0.0979. The lowest BCUT2D eigenvalue weighted by Gasteiger charge is -2.26. The molecule has 1 heterocycles. The van der Waals surface area contributed by atoms with Crippen LogP contribution in [0.25, 0.3) is 0 Å². The lowest BCUT2D eigenvalue weighted by atomic mass is 9.87. The van der Waals surface area contributed by atoms with Crippen LogP contribution in [0, 0.1) is 11.3 Å². The second-order valence-electron chi connectivity index (χ2n) is 5.30. The first-order valence-corrected chi connectivity index (χ1v) is 6.42. The summed E-state index contributed by atoms with van der Waals surface area (Å²) in [6.45, 7) is 4.96. The van der Waals surface area contributed by atoms with Crippen molar-refractivity contribution in [1.82, 2.24) is 5.32 Å². The molecule has 1 aliphatic heterocycles. The van der Waals surface area contributed by atoms with Crippen LogP contribution in [0.5, 0.6) is 0 Å². The summed E-state index contributed by atoms with van der Waals surface area (Å²) in [5.41, 5.74) is 1.01. The number of nitrogens with one attached hydrogen (secondary N) is 1. The van der Waals surface area contributed by atoms with E-state index in [0.717, 1.165) is 30.5 Å². The summed E-state index contributed by atoms with van der Waals surface area (Å²) in [4.78, 5) is 0. The van der Waals surface area contributed by atoms with E-state index >= 15 is 0 Å². The Morgan fingerprint density at radius 3 is 2.56 bits per heavy atom. The van der Waals surface area contributed by atoms with Gasteiger partial charge in [0, 0.05) is 5.56 Å². The first-order valence-electron chi connectivity index (χ1n) is 6.42. The van der Waals surface area contributed by atoms with Gasteiger partial charge in [0.15, 0.2) is 5.60 Å². The molecule has 1 atom stereocenters. The fraction of sp³-hybridized carbons (Fsp3) is 0.533. The Hall–Kier alpha value is -1.37. The van der Waals surface area contributed by atoms with Crippen molar-refractivity contribution in [3.63, 3.8) is 0 Å².